The molecule has 0 aliphatic heterocycles. The third-order valence-corrected chi connectivity index (χ3v) is 7.91. The summed E-state index contributed by atoms with van der Waals surface area (Å²) in [5.41, 5.74) is 1.86. The van der Waals surface area contributed by atoms with Gasteiger partial charge in [-0.2, -0.15) is 0 Å². The summed E-state index contributed by atoms with van der Waals surface area (Å²) in [5, 5.41) is 3.34. The van der Waals surface area contributed by atoms with E-state index >= 15 is 0 Å². The number of nitrogens with one attached hydrogen (secondary N) is 1. The molecule has 0 heterocycles. The monoisotopic (exact) mass is 585 g/mol. The Kier molecular flexibility index (Phi) is 11.0. The molecule has 0 fully saturated rings. The number of ether oxygens (including phenoxy) is 1. The number of rotatable bonds is 13. The summed E-state index contributed by atoms with van der Waals surface area (Å²) in [6, 6.07) is 21.9. The van der Waals surface area contributed by atoms with Crippen molar-refractivity contribution in [2.45, 2.75) is 45.3 Å². The highest BCUT2D eigenvalue weighted by atomic mass is 35.5. The van der Waals surface area contributed by atoms with Crippen LogP contribution in [0.25, 0.3) is 0 Å². The minimum atomic E-state index is -3.87. The van der Waals surface area contributed by atoms with Crippen LogP contribution in [-0.4, -0.2) is 57.1 Å². The number of nitrogens with zero attached hydrogens (tertiary/aromatic N) is 2. The Hall–Kier alpha value is -3.56. The molecule has 0 aliphatic rings. The first-order valence-electron chi connectivity index (χ1n) is 13.0. The van der Waals surface area contributed by atoms with Crippen molar-refractivity contribution in [2.75, 3.05) is 24.2 Å². The van der Waals surface area contributed by atoms with E-state index in [1.807, 2.05) is 50.2 Å². The van der Waals surface area contributed by atoms with Crippen LogP contribution >= 0.6 is 11.6 Å². The predicted octanol–water partition coefficient (Wildman–Crippen LogP) is 4.67. The topological polar surface area (TPSA) is 96.0 Å². The van der Waals surface area contributed by atoms with Gasteiger partial charge in [0.25, 0.3) is 0 Å². The number of carbonyl (C=O) groups excluding carboxylic acids is 2. The Labute approximate surface area is 241 Å². The number of sulfonamides is 1. The SMILES string of the molecule is CC[C@@H](C)NC(=O)[C@H](Cc1ccccc1)N(Cc1cccc(OC)c1)C(=O)CN(c1cccc(Cl)c1)S(C)(=O)=O. The van der Waals surface area contributed by atoms with E-state index in [1.54, 1.807) is 43.5 Å². The van der Waals surface area contributed by atoms with Crippen LogP contribution in [0.1, 0.15) is 31.4 Å². The van der Waals surface area contributed by atoms with Gasteiger partial charge in [-0.3, -0.25) is 13.9 Å². The summed E-state index contributed by atoms with van der Waals surface area (Å²) in [5.74, 6) is -0.248. The lowest BCUT2D eigenvalue weighted by molar-refractivity contribution is -0.140. The van der Waals surface area contributed by atoms with Crippen molar-refractivity contribution in [1.29, 1.82) is 0 Å². The molecule has 3 aromatic rings. The number of halogens is 1. The smallest absolute Gasteiger partial charge is 0.244 e. The number of hydrogen-bond donors (Lipinski definition) is 1. The second-order valence-electron chi connectivity index (χ2n) is 9.65. The quantitative estimate of drug-likeness (QED) is 0.314. The van der Waals surface area contributed by atoms with E-state index in [0.717, 1.165) is 21.7 Å². The van der Waals surface area contributed by atoms with Gasteiger partial charge in [0.1, 0.15) is 18.3 Å². The van der Waals surface area contributed by atoms with E-state index in [4.69, 9.17) is 16.3 Å². The van der Waals surface area contributed by atoms with Gasteiger partial charge in [0.15, 0.2) is 0 Å². The Morgan fingerprint density at radius 1 is 0.975 bits per heavy atom. The molecule has 0 spiro atoms. The number of hydrogen-bond acceptors (Lipinski definition) is 5. The highest BCUT2D eigenvalue weighted by Crippen LogP contribution is 2.24. The molecule has 3 aromatic carbocycles. The average Bonchev–Trinajstić information content (AvgIpc) is 2.93. The van der Waals surface area contributed by atoms with Crippen molar-refractivity contribution >= 4 is 39.1 Å². The molecule has 0 saturated heterocycles. The summed E-state index contributed by atoms with van der Waals surface area (Å²) in [6.07, 6.45) is 1.99. The molecular weight excluding hydrogens is 550 g/mol. The number of amides is 2. The minimum absolute atomic E-state index is 0.0641. The molecule has 0 bridgehead atoms. The standard InChI is InChI=1S/C30H36ClN3O5S/c1-5-22(2)32-30(36)28(18-23-11-7-6-8-12-23)33(20-24-13-9-16-27(17-24)39-3)29(35)21-34(40(4,37)38)26-15-10-14-25(31)19-26/h6-17,19,22,28H,5,18,20-21H2,1-4H3,(H,32,36)/t22-,28+/m1/s1. The zero-order valence-electron chi connectivity index (χ0n) is 23.2. The van der Waals surface area contributed by atoms with E-state index < -0.39 is 28.5 Å². The number of methoxy groups -OCH3 is 1. The van der Waals surface area contributed by atoms with Gasteiger partial charge in [-0.05, 0) is 54.8 Å². The van der Waals surface area contributed by atoms with Crippen LogP contribution in [0.5, 0.6) is 5.75 Å². The van der Waals surface area contributed by atoms with Crippen molar-refractivity contribution in [1.82, 2.24) is 10.2 Å². The second kappa shape index (κ2) is 14.2. The molecule has 10 heteroatoms. The zero-order chi connectivity index (χ0) is 29.3. The van der Waals surface area contributed by atoms with Crippen LogP contribution in [0.2, 0.25) is 5.02 Å². The molecule has 2 amide bonds. The van der Waals surface area contributed by atoms with E-state index in [9.17, 15) is 18.0 Å². The first kappa shape index (κ1) is 31.0. The average molecular weight is 586 g/mol. The molecule has 2 atom stereocenters. The molecule has 0 aromatic heterocycles. The van der Waals surface area contributed by atoms with Gasteiger partial charge in [0.05, 0.1) is 19.1 Å². The first-order valence-corrected chi connectivity index (χ1v) is 15.2. The Bertz CT molecular complexity index is 1400. The van der Waals surface area contributed by atoms with Gasteiger partial charge in [-0.15, -0.1) is 0 Å². The van der Waals surface area contributed by atoms with Crippen molar-refractivity contribution in [2.24, 2.45) is 0 Å². The van der Waals surface area contributed by atoms with Crippen molar-refractivity contribution in [3.05, 3.63) is 95.0 Å². The van der Waals surface area contributed by atoms with Crippen LogP contribution in [0, 0.1) is 0 Å². The number of benzene rings is 3. The summed E-state index contributed by atoms with van der Waals surface area (Å²) in [7, 11) is -2.32. The van der Waals surface area contributed by atoms with E-state index in [1.165, 1.54) is 11.0 Å². The molecule has 40 heavy (non-hydrogen) atoms. The number of carbonyl (C=O) groups is 2. The van der Waals surface area contributed by atoms with Gasteiger partial charge in [-0.1, -0.05) is 67.1 Å². The van der Waals surface area contributed by atoms with Crippen LogP contribution in [0.4, 0.5) is 5.69 Å². The lowest BCUT2D eigenvalue weighted by atomic mass is 10.0. The lowest BCUT2D eigenvalue weighted by Gasteiger charge is -2.34. The van der Waals surface area contributed by atoms with E-state index in [2.05, 4.69) is 5.32 Å². The normalized spacial score (nSPS) is 12.7. The van der Waals surface area contributed by atoms with Gasteiger partial charge < -0.3 is 15.0 Å². The highest BCUT2D eigenvalue weighted by molar-refractivity contribution is 7.92. The Morgan fingerprint density at radius 3 is 2.27 bits per heavy atom. The summed E-state index contributed by atoms with van der Waals surface area (Å²) >= 11 is 6.14. The molecule has 214 valence electrons. The minimum Gasteiger partial charge on any atom is -0.497 e. The fraction of sp³-hybridized carbons (Fsp3) is 0.333. The third-order valence-electron chi connectivity index (χ3n) is 6.53. The maximum absolute atomic E-state index is 14.1. The van der Waals surface area contributed by atoms with Gasteiger partial charge in [-0.25, -0.2) is 8.42 Å². The second-order valence-corrected chi connectivity index (χ2v) is 12.0. The summed E-state index contributed by atoms with van der Waals surface area (Å²) in [4.78, 5) is 29.2. The molecule has 3 rings (SSSR count). The molecule has 0 aliphatic carbocycles. The first-order chi connectivity index (χ1) is 19.0. The van der Waals surface area contributed by atoms with E-state index in [0.29, 0.717) is 17.2 Å². The fourth-order valence-corrected chi connectivity index (χ4v) is 5.23. The lowest BCUT2D eigenvalue weighted by Crippen LogP contribution is -2.54. The maximum Gasteiger partial charge on any atom is 0.244 e. The maximum atomic E-state index is 14.1. The summed E-state index contributed by atoms with van der Waals surface area (Å²) in [6.45, 7) is 3.42. The number of anilines is 1. The predicted molar refractivity (Wildman–Crippen MR) is 159 cm³/mol. The highest BCUT2D eigenvalue weighted by Gasteiger charge is 2.33. The molecule has 1 N–H and O–H groups in total. The summed E-state index contributed by atoms with van der Waals surface area (Å²) < 4.78 is 32.0. The van der Waals surface area contributed by atoms with Crippen LogP contribution in [-0.2, 0) is 32.6 Å². The van der Waals surface area contributed by atoms with Crippen molar-refractivity contribution in [3.8, 4) is 5.75 Å². The zero-order valence-corrected chi connectivity index (χ0v) is 24.8. The fourth-order valence-electron chi connectivity index (χ4n) is 4.21. The van der Waals surface area contributed by atoms with Crippen LogP contribution in [0.3, 0.4) is 0 Å². The largest absolute Gasteiger partial charge is 0.497 e. The molecular formula is C30H36ClN3O5S. The molecule has 0 unspecified atom stereocenters. The van der Waals surface area contributed by atoms with E-state index in [-0.39, 0.29) is 30.6 Å². The van der Waals surface area contributed by atoms with Gasteiger partial charge in [0.2, 0.25) is 21.8 Å². The molecule has 0 saturated carbocycles. The van der Waals surface area contributed by atoms with Gasteiger partial charge >= 0.3 is 0 Å². The van der Waals surface area contributed by atoms with Crippen LogP contribution < -0.4 is 14.4 Å². The van der Waals surface area contributed by atoms with Gasteiger partial charge in [0, 0.05) is 24.0 Å². The van der Waals surface area contributed by atoms with Crippen molar-refractivity contribution in [3.63, 3.8) is 0 Å². The Balaban J connectivity index is 2.07. The third kappa shape index (κ3) is 8.72. The van der Waals surface area contributed by atoms with Crippen molar-refractivity contribution < 1.29 is 22.7 Å². The Morgan fingerprint density at radius 2 is 1.65 bits per heavy atom. The van der Waals surface area contributed by atoms with Crippen LogP contribution in [0.15, 0.2) is 78.9 Å². The molecule has 8 nitrogen and oxygen atoms in total. The molecule has 0 radical (unpaired) electrons.